The third-order valence-corrected chi connectivity index (χ3v) is 13.2. The van der Waals surface area contributed by atoms with Gasteiger partial charge in [-0.1, -0.05) is 23.7 Å². The summed E-state index contributed by atoms with van der Waals surface area (Å²) in [6.45, 7) is 8.56. The summed E-state index contributed by atoms with van der Waals surface area (Å²) in [5.41, 5.74) is 5.97. The molecule has 1 aliphatic carbocycles. The Morgan fingerprint density at radius 3 is 2.39 bits per heavy atom. The number of fused-ring (bicyclic) bond motifs is 3. The largest absolute Gasteiger partial charge is 0.490 e. The summed E-state index contributed by atoms with van der Waals surface area (Å²) in [7, 11) is 0. The molecule has 4 aromatic heterocycles. The molecule has 0 spiro atoms. The van der Waals surface area contributed by atoms with Gasteiger partial charge < -0.3 is 24.3 Å². The van der Waals surface area contributed by atoms with Crippen LogP contribution in [-0.2, 0) is 6.42 Å². The predicted molar refractivity (Wildman–Crippen MR) is 229 cm³/mol. The number of aromatic nitrogens is 6. The minimum atomic E-state index is -0.349. The number of hydrogen-bond donors (Lipinski definition) is 1. The molecule has 9 rings (SSSR count). The van der Waals surface area contributed by atoms with Gasteiger partial charge in [0.15, 0.2) is 23.1 Å². The van der Waals surface area contributed by atoms with Crippen LogP contribution in [0.25, 0.3) is 5.00 Å². The number of thiophene rings is 1. The van der Waals surface area contributed by atoms with E-state index in [2.05, 4.69) is 78.3 Å². The van der Waals surface area contributed by atoms with Crippen LogP contribution in [0.4, 0.5) is 5.69 Å². The van der Waals surface area contributed by atoms with Crippen LogP contribution in [0.2, 0.25) is 5.02 Å². The quantitative estimate of drug-likeness (QED) is 0.162. The van der Waals surface area contributed by atoms with Gasteiger partial charge >= 0.3 is 0 Å². The van der Waals surface area contributed by atoms with Gasteiger partial charge in [0, 0.05) is 60.0 Å². The van der Waals surface area contributed by atoms with Gasteiger partial charge in [-0.15, -0.1) is 31.7 Å². The molecule has 2 aliphatic heterocycles. The van der Waals surface area contributed by atoms with Gasteiger partial charge in [-0.25, -0.2) is 4.98 Å². The van der Waals surface area contributed by atoms with Gasteiger partial charge in [0.25, 0.3) is 11.8 Å². The first-order valence-electron chi connectivity index (χ1n) is 20.3. The van der Waals surface area contributed by atoms with E-state index >= 15 is 0 Å². The minimum Gasteiger partial charge on any atom is -0.490 e. The van der Waals surface area contributed by atoms with Crippen LogP contribution in [0, 0.1) is 32.1 Å². The Kier molecular flexibility index (Phi) is 11.1. The number of ether oxygens (including phenoxy) is 1. The molecule has 2 amide bonds. The Hall–Kier alpha value is -6.44. The maximum atomic E-state index is 13.5. The monoisotopic (exact) mass is 855 g/mol. The van der Waals surface area contributed by atoms with E-state index in [1.54, 1.807) is 59.0 Å². The van der Waals surface area contributed by atoms with Crippen molar-refractivity contribution in [3.63, 3.8) is 0 Å². The number of carbonyl (C=O) groups excluding carboxylic acids is 2. The average Bonchev–Trinajstić information content (AvgIpc) is 3.99. The van der Waals surface area contributed by atoms with Gasteiger partial charge in [-0.05, 0) is 88.4 Å². The highest BCUT2D eigenvalue weighted by molar-refractivity contribution is 7.15. The smallest absolute Gasteiger partial charge is 0.274 e. The van der Waals surface area contributed by atoms with E-state index in [0.29, 0.717) is 54.8 Å². The Morgan fingerprint density at radius 1 is 0.951 bits per heavy atom. The summed E-state index contributed by atoms with van der Waals surface area (Å²) < 4.78 is 13.8. The number of amides is 2. The van der Waals surface area contributed by atoms with Crippen LogP contribution in [0.1, 0.15) is 97.4 Å². The Morgan fingerprint density at radius 2 is 1.70 bits per heavy atom. The molecule has 17 heteroatoms. The average molecular weight is 856 g/mol. The van der Waals surface area contributed by atoms with Crippen molar-refractivity contribution in [2.45, 2.75) is 71.1 Å². The number of aryl methyl sites for hydroxylation is 2. The van der Waals surface area contributed by atoms with E-state index in [1.807, 2.05) is 13.0 Å². The number of halogens is 1. The van der Waals surface area contributed by atoms with Crippen LogP contribution < -0.4 is 15.0 Å². The number of benzene rings is 2. The van der Waals surface area contributed by atoms with Crippen molar-refractivity contribution in [3.8, 4) is 16.8 Å². The molecule has 1 saturated heterocycles. The number of carbonyl (C=O) groups is 2. The second kappa shape index (κ2) is 16.9. The van der Waals surface area contributed by atoms with E-state index < -0.39 is 0 Å². The summed E-state index contributed by atoms with van der Waals surface area (Å²) in [4.78, 5) is 41.5. The number of nitrogens with zero attached hydrogens (tertiary/aromatic N) is 10. The SMILES string of the molecule is Cc1sc2c(c1C)C(c1ccc(N3CCN(C(=O)c4ccc(C(=O)NC5CCC(Oc6ccc(C#N)c(Cl)c6)CC5)nn4)CC3)cc1)=N[C@@H](Cc1ncco1)c1nnc(C)n1-2. The number of nitriles is 1. The van der Waals surface area contributed by atoms with Crippen LogP contribution in [0.5, 0.6) is 5.75 Å². The topological polar surface area (TPSA) is 181 Å². The molecule has 1 saturated carbocycles. The third kappa shape index (κ3) is 8.10. The first-order valence-corrected chi connectivity index (χ1v) is 21.5. The fourth-order valence-electron chi connectivity index (χ4n) is 8.21. The third-order valence-electron chi connectivity index (χ3n) is 11.7. The number of piperazine rings is 1. The maximum Gasteiger partial charge on any atom is 0.274 e. The number of anilines is 1. The van der Waals surface area contributed by atoms with Crippen molar-refractivity contribution in [2.24, 2.45) is 4.99 Å². The van der Waals surface area contributed by atoms with Gasteiger partial charge in [0.05, 0.1) is 35.0 Å². The number of oxazole rings is 1. The van der Waals surface area contributed by atoms with Crippen molar-refractivity contribution in [1.82, 2.24) is 40.2 Å². The van der Waals surface area contributed by atoms with Crippen LogP contribution in [-0.4, -0.2) is 90.7 Å². The Balaban J connectivity index is 0.803. The highest BCUT2D eigenvalue weighted by Gasteiger charge is 2.33. The number of aliphatic imine (C=N–C) groups is 1. The van der Waals surface area contributed by atoms with E-state index in [4.69, 9.17) is 31.0 Å². The molecule has 2 aromatic carbocycles. The molecule has 3 aliphatic rings. The summed E-state index contributed by atoms with van der Waals surface area (Å²) in [6.07, 6.45) is 6.64. The van der Waals surface area contributed by atoms with Crippen molar-refractivity contribution in [1.29, 1.82) is 5.26 Å². The normalized spacial score (nSPS) is 18.7. The second-order valence-electron chi connectivity index (χ2n) is 15.5. The van der Waals surface area contributed by atoms with Gasteiger partial charge in [0.1, 0.15) is 34.9 Å². The van der Waals surface area contributed by atoms with Crippen molar-refractivity contribution in [3.05, 3.63) is 128 Å². The molecule has 310 valence electrons. The van der Waals surface area contributed by atoms with E-state index in [1.165, 1.54) is 10.4 Å². The standard InChI is InChI=1S/C44H42ClN11O4S/c1-25-26(2)61-44-39(25)40(49-37(23-38-47-16-21-59-38)41-53-50-27(3)56(41)44)28-4-9-31(10-5-28)54-17-19-55(20-18-54)43(58)36-15-14-35(51-52-36)42(57)48-30-7-12-32(13-8-30)60-33-11-6-29(24-46)34(45)22-33/h4-6,9-11,14-16,21-22,30,32,37H,7-8,12-13,17-20,23H2,1-3H3,(H,48,57)/t30?,32?,37-/m0/s1. The Labute approximate surface area is 361 Å². The first-order chi connectivity index (χ1) is 29.6. The van der Waals surface area contributed by atoms with Crippen LogP contribution in [0.3, 0.4) is 0 Å². The van der Waals surface area contributed by atoms with Crippen LogP contribution >= 0.6 is 22.9 Å². The summed E-state index contributed by atoms with van der Waals surface area (Å²) in [6, 6.07) is 18.3. The van der Waals surface area contributed by atoms with Gasteiger partial charge in [-0.2, -0.15) is 5.26 Å². The lowest BCUT2D eigenvalue weighted by atomic mass is 9.93. The highest BCUT2D eigenvalue weighted by atomic mass is 35.5. The van der Waals surface area contributed by atoms with Gasteiger partial charge in [-0.3, -0.25) is 19.1 Å². The zero-order valence-corrected chi connectivity index (χ0v) is 35.4. The fraction of sp³-hybridized carbons (Fsp3) is 0.341. The molecule has 15 nitrogen and oxygen atoms in total. The zero-order valence-electron chi connectivity index (χ0n) is 33.8. The first kappa shape index (κ1) is 40.0. The van der Waals surface area contributed by atoms with Crippen molar-refractivity contribution < 1.29 is 18.7 Å². The van der Waals surface area contributed by atoms with Crippen molar-refractivity contribution >= 4 is 46.2 Å². The molecule has 1 atom stereocenters. The van der Waals surface area contributed by atoms with E-state index in [0.717, 1.165) is 64.9 Å². The van der Waals surface area contributed by atoms with E-state index in [-0.39, 0.29) is 41.4 Å². The van der Waals surface area contributed by atoms with Gasteiger partial charge in [0.2, 0.25) is 0 Å². The molecule has 6 heterocycles. The predicted octanol–water partition coefficient (Wildman–Crippen LogP) is 6.77. The Bertz CT molecular complexity index is 2650. The molecule has 2 fully saturated rings. The zero-order chi connectivity index (χ0) is 42.2. The molecule has 1 N–H and O–H groups in total. The maximum absolute atomic E-state index is 13.5. The molecule has 0 bridgehead atoms. The molecule has 0 radical (unpaired) electrons. The fourth-order valence-corrected chi connectivity index (χ4v) is 9.63. The lowest BCUT2D eigenvalue weighted by Gasteiger charge is -2.36. The lowest BCUT2D eigenvalue weighted by Crippen LogP contribution is -2.49. The molecule has 0 unspecified atom stereocenters. The summed E-state index contributed by atoms with van der Waals surface area (Å²) in [5, 5.41) is 30.9. The molecular weight excluding hydrogens is 814 g/mol. The summed E-state index contributed by atoms with van der Waals surface area (Å²) in [5.74, 6) is 2.23. The lowest BCUT2D eigenvalue weighted by molar-refractivity contribution is 0.0738. The molecule has 61 heavy (non-hydrogen) atoms. The van der Waals surface area contributed by atoms with Crippen LogP contribution in [0.15, 0.2) is 76.5 Å². The minimum absolute atomic E-state index is 0.0124. The molecular formula is C44H42ClN11O4S. The van der Waals surface area contributed by atoms with E-state index in [9.17, 15) is 9.59 Å². The number of hydrogen-bond acceptors (Lipinski definition) is 13. The molecule has 6 aromatic rings. The number of rotatable bonds is 9. The second-order valence-corrected chi connectivity index (χ2v) is 17.1. The van der Waals surface area contributed by atoms with Crippen molar-refractivity contribution in [2.75, 3.05) is 31.1 Å². The number of nitrogens with one attached hydrogen (secondary N) is 1. The summed E-state index contributed by atoms with van der Waals surface area (Å²) >= 11 is 7.87. The highest BCUT2D eigenvalue weighted by Crippen LogP contribution is 2.40.